The second-order valence-corrected chi connectivity index (χ2v) is 4.00. The van der Waals surface area contributed by atoms with Crippen LogP contribution in [0.5, 0.6) is 5.75 Å². The molecule has 0 amide bonds. The normalized spacial score (nSPS) is 16.2. The van der Waals surface area contributed by atoms with E-state index >= 15 is 0 Å². The van der Waals surface area contributed by atoms with Gasteiger partial charge in [-0.2, -0.15) is 13.2 Å². The van der Waals surface area contributed by atoms with Gasteiger partial charge < -0.3 is 10.5 Å². The third-order valence-electron chi connectivity index (χ3n) is 2.51. The molecule has 16 heavy (non-hydrogen) atoms. The van der Waals surface area contributed by atoms with E-state index in [0.29, 0.717) is 18.3 Å². The van der Waals surface area contributed by atoms with Gasteiger partial charge in [-0.05, 0) is 37.0 Å². The van der Waals surface area contributed by atoms with Gasteiger partial charge in [-0.1, -0.05) is 0 Å². The summed E-state index contributed by atoms with van der Waals surface area (Å²) in [6.45, 7) is 0.537. The molecule has 0 heterocycles. The molecule has 1 saturated carbocycles. The van der Waals surface area contributed by atoms with Crippen LogP contribution in [-0.2, 0) is 6.18 Å². The number of anilines is 1. The van der Waals surface area contributed by atoms with Crippen molar-refractivity contribution in [3.63, 3.8) is 0 Å². The molecule has 1 aliphatic rings. The third-order valence-corrected chi connectivity index (χ3v) is 2.51. The number of hydrogen-bond donors (Lipinski definition) is 1. The summed E-state index contributed by atoms with van der Waals surface area (Å²) in [4.78, 5) is 0. The number of benzene rings is 1. The van der Waals surface area contributed by atoms with E-state index in [1.54, 1.807) is 0 Å². The summed E-state index contributed by atoms with van der Waals surface area (Å²) in [6.07, 6.45) is -2.11. The van der Waals surface area contributed by atoms with E-state index in [9.17, 15) is 13.2 Å². The van der Waals surface area contributed by atoms with Gasteiger partial charge >= 0.3 is 6.18 Å². The van der Waals surface area contributed by atoms with Crippen LogP contribution in [0.2, 0.25) is 0 Å². The van der Waals surface area contributed by atoms with Gasteiger partial charge in [0.05, 0.1) is 17.9 Å². The maximum atomic E-state index is 12.3. The standard InChI is InChI=1S/C11H12F3NO/c12-11(13,14)8-3-4-10(9(15)5-8)16-6-7-1-2-7/h3-5,7H,1-2,6,15H2. The molecular weight excluding hydrogens is 219 g/mol. The minimum absolute atomic E-state index is 0.0375. The topological polar surface area (TPSA) is 35.2 Å². The molecule has 1 aliphatic carbocycles. The fourth-order valence-corrected chi connectivity index (χ4v) is 1.35. The Morgan fingerprint density at radius 2 is 2.00 bits per heavy atom. The van der Waals surface area contributed by atoms with E-state index in [2.05, 4.69) is 0 Å². The molecule has 0 spiro atoms. The zero-order valence-corrected chi connectivity index (χ0v) is 8.55. The van der Waals surface area contributed by atoms with Crippen molar-refractivity contribution in [3.8, 4) is 5.75 Å². The predicted octanol–water partition coefficient (Wildman–Crippen LogP) is 3.08. The number of nitrogen functional groups attached to an aromatic ring is 1. The molecule has 88 valence electrons. The first kappa shape index (κ1) is 11.1. The molecular formula is C11H12F3NO. The molecule has 0 bridgehead atoms. The van der Waals surface area contributed by atoms with Crippen molar-refractivity contribution >= 4 is 5.69 Å². The summed E-state index contributed by atoms with van der Waals surface area (Å²) < 4.78 is 42.3. The zero-order valence-electron chi connectivity index (χ0n) is 8.55. The first-order valence-electron chi connectivity index (χ1n) is 5.06. The van der Waals surface area contributed by atoms with Gasteiger partial charge in [-0.3, -0.25) is 0 Å². The Labute approximate surface area is 91.2 Å². The molecule has 2 N–H and O–H groups in total. The fourth-order valence-electron chi connectivity index (χ4n) is 1.35. The van der Waals surface area contributed by atoms with E-state index in [1.165, 1.54) is 6.07 Å². The highest BCUT2D eigenvalue weighted by atomic mass is 19.4. The molecule has 2 rings (SSSR count). The molecule has 1 aromatic carbocycles. The van der Waals surface area contributed by atoms with Crippen LogP contribution in [0.25, 0.3) is 0 Å². The number of alkyl halides is 3. The van der Waals surface area contributed by atoms with E-state index in [4.69, 9.17) is 10.5 Å². The lowest BCUT2D eigenvalue weighted by Gasteiger charge is -2.11. The Bertz CT molecular complexity index is 385. The van der Waals surface area contributed by atoms with E-state index in [-0.39, 0.29) is 5.69 Å². The van der Waals surface area contributed by atoms with Crippen molar-refractivity contribution in [1.82, 2.24) is 0 Å². The zero-order chi connectivity index (χ0) is 11.8. The Kier molecular flexibility index (Phi) is 2.69. The van der Waals surface area contributed by atoms with Gasteiger partial charge in [0.1, 0.15) is 5.75 Å². The Morgan fingerprint density at radius 3 is 2.50 bits per heavy atom. The first-order valence-corrected chi connectivity index (χ1v) is 5.06. The molecule has 0 unspecified atom stereocenters. The predicted molar refractivity (Wildman–Crippen MR) is 54.1 cm³/mol. The summed E-state index contributed by atoms with van der Waals surface area (Å²) >= 11 is 0. The van der Waals surface area contributed by atoms with Gasteiger partial charge in [0.25, 0.3) is 0 Å². The molecule has 1 fully saturated rings. The smallest absolute Gasteiger partial charge is 0.416 e. The lowest BCUT2D eigenvalue weighted by molar-refractivity contribution is -0.137. The van der Waals surface area contributed by atoms with Gasteiger partial charge in [-0.25, -0.2) is 0 Å². The first-order chi connectivity index (χ1) is 7.47. The average molecular weight is 231 g/mol. The van der Waals surface area contributed by atoms with Crippen molar-refractivity contribution < 1.29 is 17.9 Å². The number of halogens is 3. The van der Waals surface area contributed by atoms with Crippen molar-refractivity contribution in [2.75, 3.05) is 12.3 Å². The van der Waals surface area contributed by atoms with Crippen LogP contribution < -0.4 is 10.5 Å². The van der Waals surface area contributed by atoms with Crippen molar-refractivity contribution in [3.05, 3.63) is 23.8 Å². The molecule has 0 saturated heterocycles. The lowest BCUT2D eigenvalue weighted by atomic mass is 10.2. The highest BCUT2D eigenvalue weighted by Crippen LogP contribution is 2.35. The summed E-state index contributed by atoms with van der Waals surface area (Å²) in [7, 11) is 0. The molecule has 1 aromatic rings. The lowest BCUT2D eigenvalue weighted by Crippen LogP contribution is -2.07. The minimum atomic E-state index is -4.36. The van der Waals surface area contributed by atoms with Gasteiger partial charge in [0, 0.05) is 0 Å². The Balaban J connectivity index is 2.09. The largest absolute Gasteiger partial charge is 0.491 e. The highest BCUT2D eigenvalue weighted by Gasteiger charge is 2.31. The Morgan fingerprint density at radius 1 is 1.31 bits per heavy atom. The molecule has 0 aliphatic heterocycles. The summed E-state index contributed by atoms with van der Waals surface area (Å²) in [6, 6.07) is 3.17. The second kappa shape index (κ2) is 3.88. The Hall–Kier alpha value is -1.39. The van der Waals surface area contributed by atoms with E-state index in [1.807, 2.05) is 0 Å². The average Bonchev–Trinajstić information content (AvgIpc) is 2.98. The van der Waals surface area contributed by atoms with Gasteiger partial charge in [0.2, 0.25) is 0 Å². The monoisotopic (exact) mass is 231 g/mol. The number of nitrogens with two attached hydrogens (primary N) is 1. The SMILES string of the molecule is Nc1cc(C(F)(F)F)ccc1OCC1CC1. The minimum Gasteiger partial charge on any atom is -0.491 e. The van der Waals surface area contributed by atoms with E-state index < -0.39 is 11.7 Å². The third kappa shape index (κ3) is 2.59. The van der Waals surface area contributed by atoms with Crippen LogP contribution in [0.4, 0.5) is 18.9 Å². The van der Waals surface area contributed by atoms with Crippen molar-refractivity contribution in [1.29, 1.82) is 0 Å². The van der Waals surface area contributed by atoms with Crippen LogP contribution in [-0.4, -0.2) is 6.61 Å². The molecule has 0 atom stereocenters. The maximum absolute atomic E-state index is 12.3. The number of ether oxygens (including phenoxy) is 1. The van der Waals surface area contributed by atoms with Crippen molar-refractivity contribution in [2.45, 2.75) is 19.0 Å². The molecule has 2 nitrogen and oxygen atoms in total. The van der Waals surface area contributed by atoms with Crippen LogP contribution in [0, 0.1) is 5.92 Å². The summed E-state index contributed by atoms with van der Waals surface area (Å²) in [5.41, 5.74) is 4.79. The summed E-state index contributed by atoms with van der Waals surface area (Å²) in [5, 5.41) is 0. The fraction of sp³-hybridized carbons (Fsp3) is 0.455. The van der Waals surface area contributed by atoms with Crippen LogP contribution in [0.3, 0.4) is 0 Å². The summed E-state index contributed by atoms with van der Waals surface area (Å²) in [5.74, 6) is 0.876. The van der Waals surface area contributed by atoms with E-state index in [0.717, 1.165) is 25.0 Å². The van der Waals surface area contributed by atoms with Crippen LogP contribution in [0.1, 0.15) is 18.4 Å². The molecule has 0 aromatic heterocycles. The quantitative estimate of drug-likeness (QED) is 0.811. The molecule has 5 heteroatoms. The van der Waals surface area contributed by atoms with Crippen molar-refractivity contribution in [2.24, 2.45) is 5.92 Å². The highest BCUT2D eigenvalue weighted by molar-refractivity contribution is 5.54. The maximum Gasteiger partial charge on any atom is 0.416 e. The number of hydrogen-bond acceptors (Lipinski definition) is 2. The molecule has 0 radical (unpaired) electrons. The van der Waals surface area contributed by atoms with Crippen LogP contribution >= 0.6 is 0 Å². The van der Waals surface area contributed by atoms with Gasteiger partial charge in [0.15, 0.2) is 0 Å². The van der Waals surface area contributed by atoms with Crippen LogP contribution in [0.15, 0.2) is 18.2 Å². The second-order valence-electron chi connectivity index (χ2n) is 4.00. The van der Waals surface area contributed by atoms with Gasteiger partial charge in [-0.15, -0.1) is 0 Å². The number of rotatable bonds is 3.